The minimum Gasteiger partial charge on any atom is -0.494 e. The van der Waals surface area contributed by atoms with Crippen LogP contribution in [0.4, 0.5) is 0 Å². The minimum atomic E-state index is 0.373. The van der Waals surface area contributed by atoms with Gasteiger partial charge in [0, 0.05) is 30.7 Å². The van der Waals surface area contributed by atoms with Gasteiger partial charge >= 0.3 is 0 Å². The van der Waals surface area contributed by atoms with Crippen LogP contribution in [0.25, 0.3) is 5.76 Å². The fraction of sp³-hybridized carbons (Fsp3) is 0.720. The van der Waals surface area contributed by atoms with Gasteiger partial charge in [0.05, 0.1) is 11.3 Å². The molecule has 2 heterocycles. The molecule has 4 rings (SSSR count). The molecule has 0 amide bonds. The minimum absolute atomic E-state index is 0.373. The monoisotopic (exact) mass is 415 g/mol. The highest BCUT2D eigenvalue weighted by atomic mass is 32.1. The van der Waals surface area contributed by atoms with E-state index >= 15 is 0 Å². The van der Waals surface area contributed by atoms with Crippen LogP contribution in [0.2, 0.25) is 0 Å². The highest BCUT2D eigenvalue weighted by molar-refractivity contribution is 7.09. The van der Waals surface area contributed by atoms with E-state index in [0.717, 1.165) is 37.9 Å². The van der Waals surface area contributed by atoms with E-state index in [1.54, 1.807) is 5.56 Å². The molecule has 2 aliphatic carbocycles. The second-order valence-corrected chi connectivity index (χ2v) is 10.5. The van der Waals surface area contributed by atoms with E-state index < -0.39 is 0 Å². The van der Waals surface area contributed by atoms with Gasteiger partial charge < -0.3 is 9.47 Å². The van der Waals surface area contributed by atoms with Crippen LogP contribution in [0.3, 0.4) is 0 Å². The third kappa shape index (κ3) is 4.64. The van der Waals surface area contributed by atoms with Crippen molar-refractivity contribution >= 4 is 17.1 Å². The first-order valence-corrected chi connectivity index (χ1v) is 12.5. The van der Waals surface area contributed by atoms with Crippen molar-refractivity contribution in [1.82, 2.24) is 0 Å². The largest absolute Gasteiger partial charge is 0.494 e. The maximum absolute atomic E-state index is 6.79. The van der Waals surface area contributed by atoms with Gasteiger partial charge in [-0.2, -0.15) is 0 Å². The maximum atomic E-state index is 6.79. The van der Waals surface area contributed by atoms with Crippen molar-refractivity contribution in [2.24, 2.45) is 16.8 Å². The lowest BCUT2D eigenvalue weighted by Gasteiger charge is -2.31. The summed E-state index contributed by atoms with van der Waals surface area (Å²) in [5.41, 5.74) is 2.85. The van der Waals surface area contributed by atoms with E-state index in [2.05, 4.69) is 33.9 Å². The van der Waals surface area contributed by atoms with Gasteiger partial charge in [-0.15, -0.1) is 11.3 Å². The Kier molecular flexibility index (Phi) is 6.80. The van der Waals surface area contributed by atoms with E-state index in [-0.39, 0.29) is 0 Å². The molecule has 4 heteroatoms. The second-order valence-electron chi connectivity index (χ2n) is 9.44. The standard InChI is InChI=1S/C25H37NO2S/c1-5-27-13-12-19-8-11-22-23(19)24-21(14-17(4)15-26-25(24)29-22)28-20-9-6-18(7-10-20)16(2)3/h15-16,18-20H,5-14H2,1-4H3. The van der Waals surface area contributed by atoms with Crippen LogP contribution in [0.5, 0.6) is 0 Å². The molecule has 3 nitrogen and oxygen atoms in total. The summed E-state index contributed by atoms with van der Waals surface area (Å²) in [5.74, 6) is 3.46. The number of thiophene rings is 1. The summed E-state index contributed by atoms with van der Waals surface area (Å²) in [5, 5.41) is 1.35. The van der Waals surface area contributed by atoms with Crippen LogP contribution in [-0.4, -0.2) is 19.3 Å². The number of nitrogens with zero attached hydrogens (tertiary/aromatic N) is 1. The Morgan fingerprint density at radius 1 is 1.17 bits per heavy atom. The van der Waals surface area contributed by atoms with Crippen molar-refractivity contribution < 1.29 is 9.47 Å². The third-order valence-corrected chi connectivity index (χ3v) is 8.21. The van der Waals surface area contributed by atoms with Gasteiger partial charge in [-0.3, -0.25) is 0 Å². The molecule has 1 aromatic rings. The molecule has 0 N–H and O–H groups in total. The summed E-state index contributed by atoms with van der Waals surface area (Å²) in [6.45, 7) is 10.7. The molecule has 160 valence electrons. The SMILES string of the molecule is CCOCCC1CCc2sc3c(c21)=C(OC1CCC(C(C)C)CC1)CC(C)=CN=3. The number of hydrogen-bond donors (Lipinski definition) is 0. The summed E-state index contributed by atoms with van der Waals surface area (Å²) in [4.78, 5) is 6.40. The fourth-order valence-corrected chi connectivity index (χ4v) is 6.56. The van der Waals surface area contributed by atoms with E-state index in [0.29, 0.717) is 12.0 Å². The van der Waals surface area contributed by atoms with Gasteiger partial charge in [-0.05, 0) is 87.7 Å². The summed E-state index contributed by atoms with van der Waals surface area (Å²) >= 11 is 1.90. The molecule has 3 aliphatic rings. The first-order valence-electron chi connectivity index (χ1n) is 11.7. The number of aryl methyl sites for hydroxylation is 1. The molecular weight excluding hydrogens is 378 g/mol. The average Bonchev–Trinajstić information content (AvgIpc) is 3.21. The number of fused-ring (bicyclic) bond motifs is 3. The number of ether oxygens (including phenoxy) is 2. The number of hydrogen-bond acceptors (Lipinski definition) is 4. The Morgan fingerprint density at radius 3 is 2.69 bits per heavy atom. The molecule has 0 bridgehead atoms. The first kappa shape index (κ1) is 21.1. The van der Waals surface area contributed by atoms with E-state index in [1.807, 2.05) is 11.3 Å². The molecule has 1 atom stereocenters. The molecule has 29 heavy (non-hydrogen) atoms. The first-order chi connectivity index (χ1) is 14.1. The predicted octanol–water partition coefficient (Wildman–Crippen LogP) is 5.47. The van der Waals surface area contributed by atoms with E-state index in [1.165, 1.54) is 64.6 Å². The second kappa shape index (κ2) is 9.34. The van der Waals surface area contributed by atoms with Crippen molar-refractivity contribution in [2.45, 2.75) is 91.1 Å². The summed E-state index contributed by atoms with van der Waals surface area (Å²) in [6.07, 6.45) is 11.9. The quantitative estimate of drug-likeness (QED) is 0.553. The zero-order valence-electron chi connectivity index (χ0n) is 18.6. The molecule has 1 aromatic heterocycles. The van der Waals surface area contributed by atoms with Crippen LogP contribution in [0, 0.1) is 11.8 Å². The topological polar surface area (TPSA) is 30.8 Å². The molecule has 0 aromatic carbocycles. The van der Waals surface area contributed by atoms with Crippen LogP contribution in [0.1, 0.15) is 89.0 Å². The molecule has 1 aliphatic heterocycles. The van der Waals surface area contributed by atoms with Crippen molar-refractivity contribution in [3.63, 3.8) is 0 Å². The summed E-state index contributed by atoms with van der Waals surface area (Å²) < 4.78 is 13.6. The van der Waals surface area contributed by atoms with Crippen molar-refractivity contribution in [2.75, 3.05) is 13.2 Å². The fourth-order valence-electron chi connectivity index (χ4n) is 5.29. The van der Waals surface area contributed by atoms with Crippen LogP contribution in [-0.2, 0) is 15.9 Å². The van der Waals surface area contributed by atoms with Gasteiger partial charge in [-0.1, -0.05) is 13.8 Å². The lowest BCUT2D eigenvalue weighted by Crippen LogP contribution is -2.30. The zero-order chi connectivity index (χ0) is 20.4. The molecule has 1 unspecified atom stereocenters. The Balaban J connectivity index is 1.63. The number of rotatable bonds is 7. The molecule has 0 radical (unpaired) electrons. The Labute approximate surface area is 179 Å². The van der Waals surface area contributed by atoms with Gasteiger partial charge in [-0.25, -0.2) is 4.99 Å². The third-order valence-electron chi connectivity index (χ3n) is 7.04. The van der Waals surface area contributed by atoms with Crippen LogP contribution in [0.15, 0.2) is 16.8 Å². The molecule has 1 fully saturated rings. The Hall–Kier alpha value is -1.13. The highest BCUT2D eigenvalue weighted by Gasteiger charge is 2.30. The van der Waals surface area contributed by atoms with Crippen LogP contribution < -0.4 is 9.89 Å². The maximum Gasteiger partial charge on any atom is 0.127 e. The van der Waals surface area contributed by atoms with Crippen LogP contribution >= 0.6 is 11.3 Å². The van der Waals surface area contributed by atoms with Crippen molar-refractivity contribution in [3.05, 3.63) is 32.1 Å². The van der Waals surface area contributed by atoms with Gasteiger partial charge in [0.15, 0.2) is 0 Å². The van der Waals surface area contributed by atoms with E-state index in [4.69, 9.17) is 14.5 Å². The smallest absolute Gasteiger partial charge is 0.127 e. The summed E-state index contributed by atoms with van der Waals surface area (Å²) in [7, 11) is 0. The summed E-state index contributed by atoms with van der Waals surface area (Å²) in [6, 6.07) is 0. The van der Waals surface area contributed by atoms with Gasteiger partial charge in [0.1, 0.15) is 10.4 Å². The Morgan fingerprint density at radius 2 is 1.97 bits per heavy atom. The lowest BCUT2D eigenvalue weighted by molar-refractivity contribution is 0.0879. The zero-order valence-corrected chi connectivity index (χ0v) is 19.4. The molecule has 1 saturated carbocycles. The average molecular weight is 416 g/mol. The molecule has 0 saturated heterocycles. The normalized spacial score (nSPS) is 26.6. The predicted molar refractivity (Wildman–Crippen MR) is 121 cm³/mol. The highest BCUT2D eigenvalue weighted by Crippen LogP contribution is 2.37. The van der Waals surface area contributed by atoms with Gasteiger partial charge in [0.25, 0.3) is 0 Å². The molecular formula is C25H37NO2S. The molecule has 0 spiro atoms. The Bertz CT molecular complexity index is 858. The van der Waals surface area contributed by atoms with Gasteiger partial charge in [0.2, 0.25) is 0 Å². The van der Waals surface area contributed by atoms with Crippen molar-refractivity contribution in [1.29, 1.82) is 0 Å². The lowest BCUT2D eigenvalue weighted by atomic mass is 9.80. The van der Waals surface area contributed by atoms with Crippen molar-refractivity contribution in [3.8, 4) is 0 Å². The van der Waals surface area contributed by atoms with E-state index in [9.17, 15) is 0 Å².